The predicted octanol–water partition coefficient (Wildman–Crippen LogP) is 4.08. The highest BCUT2D eigenvalue weighted by Gasteiger charge is 2.36. The standard InChI is InChI=1S/C61H82N6O19/c1-31-23-39-49(43(68)29-41(53(39)72)66-57(74)33(3)15-13-17-45(79-9)55(85-59(62)76)37(7)27-35(5)51(70)47(25-31)81-11)64-19-21-83-61(78)84-22-20-65-50-40-24-32(2)26-48(82-12)52(71)36(6)28-38(8)56(86-60(63)77)46(80-10)18-14-16-34(4)58(75)67-42(54(40)73)30-44(50)69/h13-18,27-32,35-36,45-48,51,55-56,64-65,70H,19-26H2,1-12H3,(H2,62,76)(H2,63,77)(H,66,74)(H,67,75)/b17-13-,18-14-,33-15+,34-16+,37-27+,38-28+. The van der Waals surface area contributed by atoms with Crippen LogP contribution in [-0.2, 0) is 71.5 Å². The van der Waals surface area contributed by atoms with Crippen molar-refractivity contribution >= 4 is 59.1 Å². The molecule has 0 aromatic rings. The Bertz CT molecular complexity index is 2930. The van der Waals surface area contributed by atoms with E-state index in [1.807, 2.05) is 0 Å². The Kier molecular flexibility index (Phi) is 27.5. The first-order valence-electron chi connectivity index (χ1n) is 28.0. The second-order valence-corrected chi connectivity index (χ2v) is 21.5. The summed E-state index contributed by atoms with van der Waals surface area (Å²) in [6.07, 6.45) is 4.25. The molecule has 0 aromatic heterocycles. The molecule has 9 N–H and O–H groups in total. The van der Waals surface area contributed by atoms with Gasteiger partial charge in [0.25, 0.3) is 11.8 Å². The fourth-order valence-electron chi connectivity index (χ4n) is 10.1. The van der Waals surface area contributed by atoms with Gasteiger partial charge in [-0.05, 0) is 76.4 Å². The molecule has 0 saturated carbocycles. The fraction of sp³-hybridized carbons (Fsp3) is 0.508. The third-order valence-electron chi connectivity index (χ3n) is 14.6. The number of fused-ring (bicyclic) bond motifs is 4. The molecule has 4 bridgehead atoms. The molecule has 4 aliphatic rings. The number of Topliss-reactive ketones (excluding diaryl/α,β-unsaturated/α-hetero) is 3. The average Bonchev–Trinajstić information content (AvgIpc) is 1.10. The lowest BCUT2D eigenvalue weighted by Crippen LogP contribution is -2.38. The monoisotopic (exact) mass is 1200 g/mol. The number of ketones is 5. The largest absolute Gasteiger partial charge is 0.508 e. The number of aliphatic hydroxyl groups is 1. The first-order chi connectivity index (χ1) is 40.6. The fourth-order valence-corrected chi connectivity index (χ4v) is 10.1. The Morgan fingerprint density at radius 2 is 1.05 bits per heavy atom. The molecule has 86 heavy (non-hydrogen) atoms. The average molecular weight is 1200 g/mol. The van der Waals surface area contributed by atoms with Crippen molar-refractivity contribution in [2.24, 2.45) is 35.1 Å². The number of rotatable bonds is 14. The van der Waals surface area contributed by atoms with Gasteiger partial charge >= 0.3 is 18.3 Å². The van der Waals surface area contributed by atoms with Crippen LogP contribution in [0.1, 0.15) is 81.1 Å². The molecule has 11 unspecified atom stereocenters. The number of hydrogen-bond donors (Lipinski definition) is 7. The summed E-state index contributed by atoms with van der Waals surface area (Å²) in [5.74, 6) is -6.68. The molecule has 2 aliphatic carbocycles. The molecule has 4 rings (SSSR count). The van der Waals surface area contributed by atoms with Crippen LogP contribution in [0, 0.1) is 23.7 Å². The minimum absolute atomic E-state index is 0.00750. The van der Waals surface area contributed by atoms with Gasteiger partial charge in [0.05, 0.1) is 35.0 Å². The highest BCUT2D eigenvalue weighted by atomic mass is 16.7. The molecule has 11 atom stereocenters. The topological polar surface area (TPSA) is 365 Å². The van der Waals surface area contributed by atoms with Crippen LogP contribution in [0.4, 0.5) is 14.4 Å². The number of carbonyl (C=O) groups is 10. The number of nitrogens with one attached hydrogen (secondary N) is 4. The van der Waals surface area contributed by atoms with Crippen molar-refractivity contribution in [3.63, 3.8) is 0 Å². The molecule has 470 valence electrons. The van der Waals surface area contributed by atoms with Crippen molar-refractivity contribution in [1.82, 2.24) is 21.3 Å². The van der Waals surface area contributed by atoms with Crippen LogP contribution in [0.25, 0.3) is 0 Å². The number of hydrogen-bond acceptors (Lipinski definition) is 21. The van der Waals surface area contributed by atoms with Crippen molar-refractivity contribution in [3.8, 4) is 0 Å². The second kappa shape index (κ2) is 33.6. The van der Waals surface area contributed by atoms with Gasteiger partial charge in [0.15, 0.2) is 18.0 Å². The minimum atomic E-state index is -1.14. The van der Waals surface area contributed by atoms with E-state index in [-0.39, 0.29) is 103 Å². The van der Waals surface area contributed by atoms with E-state index in [1.165, 1.54) is 78.7 Å². The van der Waals surface area contributed by atoms with Crippen LogP contribution >= 0.6 is 0 Å². The molecule has 0 spiro atoms. The first-order valence-corrected chi connectivity index (χ1v) is 28.0. The Morgan fingerprint density at radius 1 is 0.616 bits per heavy atom. The molecule has 0 radical (unpaired) electrons. The maximum Gasteiger partial charge on any atom is 0.508 e. The smallest absolute Gasteiger partial charge is 0.439 e. The zero-order valence-corrected chi connectivity index (χ0v) is 50.7. The van der Waals surface area contributed by atoms with Crippen molar-refractivity contribution in [2.45, 2.75) is 124 Å². The van der Waals surface area contributed by atoms with E-state index in [4.69, 9.17) is 49.4 Å². The van der Waals surface area contributed by atoms with Crippen LogP contribution in [0.3, 0.4) is 0 Å². The summed E-state index contributed by atoms with van der Waals surface area (Å²) in [4.78, 5) is 133. The first kappa shape index (κ1) is 70.4. The normalized spacial score (nSPS) is 30.5. The van der Waals surface area contributed by atoms with E-state index in [0.717, 1.165) is 12.2 Å². The SMILES string of the molecule is COC1CC(C)CC2=C(NCCOC(=O)OCCNC3=C4CC(C)CC(OC)C(O)C(C)/C=C(\C)C(OC(N)=O)C(OC)/C=C\C=C(/C)C(=O)NC(=CC3=O)C4=O)C(=O)C=C(NC(=O)/C(C)=C/C=C\C(OC)C(OC(N)=O)/C(C)=C/C(C)C1=O)C2=O. The van der Waals surface area contributed by atoms with Crippen LogP contribution in [-0.4, -0.2) is 162 Å². The minimum Gasteiger partial charge on any atom is -0.439 e. The number of aliphatic hydroxyl groups excluding tert-OH is 1. The molecule has 25 heteroatoms. The quantitative estimate of drug-likeness (QED) is 0.0423. The van der Waals surface area contributed by atoms with Gasteiger partial charge in [-0.1, -0.05) is 76.3 Å². The third-order valence-corrected chi connectivity index (χ3v) is 14.6. The van der Waals surface area contributed by atoms with Gasteiger partial charge < -0.3 is 75.7 Å². The second-order valence-electron chi connectivity index (χ2n) is 21.5. The Morgan fingerprint density at radius 3 is 1.45 bits per heavy atom. The maximum atomic E-state index is 14.2. The summed E-state index contributed by atoms with van der Waals surface area (Å²) in [6, 6.07) is 0. The number of nitrogens with two attached hydrogens (primary N) is 2. The molecule has 0 fully saturated rings. The van der Waals surface area contributed by atoms with Gasteiger partial charge in [0, 0.05) is 87.8 Å². The van der Waals surface area contributed by atoms with E-state index in [2.05, 4.69) is 21.3 Å². The van der Waals surface area contributed by atoms with E-state index in [0.29, 0.717) is 11.1 Å². The van der Waals surface area contributed by atoms with Gasteiger partial charge in [-0.3, -0.25) is 33.6 Å². The number of methoxy groups -OCH3 is 4. The molecule has 25 nitrogen and oxygen atoms in total. The van der Waals surface area contributed by atoms with Gasteiger partial charge in [0.1, 0.15) is 31.5 Å². The van der Waals surface area contributed by atoms with Gasteiger partial charge in [-0.2, -0.15) is 0 Å². The Balaban J connectivity index is 1.51. The highest BCUT2D eigenvalue weighted by molar-refractivity contribution is 6.24. The van der Waals surface area contributed by atoms with Crippen LogP contribution in [0.5, 0.6) is 0 Å². The lowest BCUT2D eigenvalue weighted by Gasteiger charge is -2.30. The summed E-state index contributed by atoms with van der Waals surface area (Å²) in [7, 11) is 5.54. The number of amides is 4. The summed E-state index contributed by atoms with van der Waals surface area (Å²) < 4.78 is 43.9. The molecule has 2 heterocycles. The summed E-state index contributed by atoms with van der Waals surface area (Å²) in [5.41, 5.74) is 11.1. The van der Waals surface area contributed by atoms with Crippen LogP contribution in [0.15, 0.2) is 117 Å². The molecule has 0 aromatic carbocycles. The number of ether oxygens (including phenoxy) is 8. The highest BCUT2D eigenvalue weighted by Crippen LogP contribution is 2.31. The van der Waals surface area contributed by atoms with Crippen LogP contribution in [0.2, 0.25) is 0 Å². The third kappa shape index (κ3) is 20.0. The molecule has 4 amide bonds. The zero-order valence-electron chi connectivity index (χ0n) is 50.7. The number of allylic oxidation sites excluding steroid dienone is 9. The zero-order chi connectivity index (χ0) is 64.1. The Labute approximate surface area is 500 Å². The molecule has 2 aliphatic heterocycles. The van der Waals surface area contributed by atoms with E-state index in [9.17, 15) is 53.1 Å². The maximum absolute atomic E-state index is 14.2. The molecular weight excluding hydrogens is 1120 g/mol. The summed E-state index contributed by atoms with van der Waals surface area (Å²) in [6.45, 7) is 12.1. The number of carbonyl (C=O) groups excluding carboxylic acids is 10. The predicted molar refractivity (Wildman–Crippen MR) is 311 cm³/mol. The van der Waals surface area contributed by atoms with E-state index in [1.54, 1.807) is 53.7 Å². The van der Waals surface area contributed by atoms with Crippen molar-refractivity contribution in [1.29, 1.82) is 0 Å². The van der Waals surface area contributed by atoms with Gasteiger partial charge in [-0.15, -0.1) is 0 Å². The molecule has 0 saturated heterocycles. The summed E-state index contributed by atoms with van der Waals surface area (Å²) in [5, 5.41) is 22.4. The van der Waals surface area contributed by atoms with Gasteiger partial charge in [0.2, 0.25) is 23.1 Å². The van der Waals surface area contributed by atoms with Crippen LogP contribution < -0.4 is 32.7 Å². The van der Waals surface area contributed by atoms with Crippen molar-refractivity contribution < 1.29 is 90.9 Å². The summed E-state index contributed by atoms with van der Waals surface area (Å²) >= 11 is 0. The lowest BCUT2D eigenvalue weighted by atomic mass is 9.85. The van der Waals surface area contributed by atoms with Crippen molar-refractivity contribution in [3.05, 3.63) is 117 Å². The molecular formula is C61H82N6O19. The van der Waals surface area contributed by atoms with E-state index < -0.39 is 120 Å². The van der Waals surface area contributed by atoms with Gasteiger partial charge in [-0.25, -0.2) is 14.4 Å². The number of primary amides is 2. The Hall–Kier alpha value is -8.10. The van der Waals surface area contributed by atoms with E-state index >= 15 is 0 Å². The van der Waals surface area contributed by atoms with Crippen molar-refractivity contribution in [2.75, 3.05) is 54.7 Å². The lowest BCUT2D eigenvalue weighted by molar-refractivity contribution is -0.132.